The lowest BCUT2D eigenvalue weighted by atomic mass is 10.2. The van der Waals surface area contributed by atoms with Gasteiger partial charge in [-0.2, -0.15) is 4.31 Å². The first kappa shape index (κ1) is 16.3. The molecule has 0 aromatic heterocycles. The van der Waals surface area contributed by atoms with Crippen LogP contribution in [0.3, 0.4) is 0 Å². The van der Waals surface area contributed by atoms with Gasteiger partial charge in [0, 0.05) is 23.5 Å². The molecule has 2 rings (SSSR count). The van der Waals surface area contributed by atoms with Gasteiger partial charge in [0.2, 0.25) is 15.9 Å². The molecule has 1 aromatic rings. The van der Waals surface area contributed by atoms with Gasteiger partial charge in [-0.25, -0.2) is 17.2 Å². The molecule has 1 saturated heterocycles. The molecule has 0 bridgehead atoms. The summed E-state index contributed by atoms with van der Waals surface area (Å²) < 4.78 is 52.1. The number of nitrogens with two attached hydrogens (primary N) is 1. The topological polar surface area (TPSA) is 101 Å². The van der Waals surface area contributed by atoms with Crippen molar-refractivity contribution in [2.75, 3.05) is 6.54 Å². The highest BCUT2D eigenvalue weighted by Crippen LogP contribution is 2.32. The molecule has 1 amide bonds. The Bertz CT molecular complexity index is 674. The second kappa shape index (κ2) is 5.59. The number of amides is 1. The van der Waals surface area contributed by atoms with Crippen LogP contribution in [-0.2, 0) is 14.8 Å². The maximum Gasteiger partial charge on any atom is 0.247 e. The number of carbonyl (C=O) groups is 1. The van der Waals surface area contributed by atoms with Crippen molar-refractivity contribution < 1.29 is 27.1 Å². The number of hydrogen-bond acceptors (Lipinski definition) is 4. The summed E-state index contributed by atoms with van der Waals surface area (Å²) >= 11 is 2.79. The van der Waals surface area contributed by atoms with E-state index in [2.05, 4.69) is 15.9 Å². The fraction of sp³-hybridized carbons (Fsp3) is 0.364. The van der Waals surface area contributed by atoms with Gasteiger partial charge in [0.05, 0.1) is 6.10 Å². The SMILES string of the molecule is NC(=O)C1CC(O)CN1S(=O)(=O)c1c(F)cc(F)cc1Br. The predicted molar refractivity (Wildman–Crippen MR) is 71.6 cm³/mol. The molecule has 0 aliphatic carbocycles. The molecule has 0 saturated carbocycles. The van der Waals surface area contributed by atoms with E-state index in [0.29, 0.717) is 10.4 Å². The molecule has 0 spiro atoms. The van der Waals surface area contributed by atoms with Crippen LogP contribution in [0.1, 0.15) is 6.42 Å². The number of carbonyl (C=O) groups excluding carboxylic acids is 1. The fourth-order valence-corrected chi connectivity index (χ4v) is 4.96. The number of primary amides is 1. The number of halogens is 3. The minimum absolute atomic E-state index is 0.172. The molecule has 3 N–H and O–H groups in total. The Kier molecular flexibility index (Phi) is 4.34. The van der Waals surface area contributed by atoms with Gasteiger partial charge >= 0.3 is 0 Å². The summed E-state index contributed by atoms with van der Waals surface area (Å²) in [4.78, 5) is 10.5. The van der Waals surface area contributed by atoms with Crippen LogP contribution < -0.4 is 5.73 Å². The van der Waals surface area contributed by atoms with Crippen molar-refractivity contribution in [2.24, 2.45) is 5.73 Å². The summed E-state index contributed by atoms with van der Waals surface area (Å²) in [5, 5.41) is 9.53. The van der Waals surface area contributed by atoms with Crippen LogP contribution in [-0.4, -0.2) is 42.4 Å². The summed E-state index contributed by atoms with van der Waals surface area (Å²) in [6.07, 6.45) is -1.26. The Morgan fingerprint density at radius 1 is 1.43 bits per heavy atom. The summed E-state index contributed by atoms with van der Waals surface area (Å²) in [5.41, 5.74) is 5.10. The lowest BCUT2D eigenvalue weighted by molar-refractivity contribution is -0.121. The third-order valence-electron chi connectivity index (χ3n) is 3.09. The average Bonchev–Trinajstić information content (AvgIpc) is 2.70. The number of benzene rings is 1. The number of hydrogen-bond donors (Lipinski definition) is 2. The Hall–Kier alpha value is -1.10. The van der Waals surface area contributed by atoms with E-state index in [0.717, 1.165) is 6.07 Å². The van der Waals surface area contributed by atoms with E-state index in [-0.39, 0.29) is 17.4 Å². The van der Waals surface area contributed by atoms with Gasteiger partial charge < -0.3 is 10.8 Å². The van der Waals surface area contributed by atoms with Gasteiger partial charge in [-0.3, -0.25) is 4.79 Å². The summed E-state index contributed by atoms with van der Waals surface area (Å²) in [5.74, 6) is -3.20. The number of nitrogens with zero attached hydrogens (tertiary/aromatic N) is 1. The zero-order chi connectivity index (χ0) is 15.9. The van der Waals surface area contributed by atoms with Gasteiger partial charge in [-0.15, -0.1) is 0 Å². The Labute approximate surface area is 127 Å². The zero-order valence-electron chi connectivity index (χ0n) is 10.5. The fourth-order valence-electron chi connectivity index (χ4n) is 2.20. The van der Waals surface area contributed by atoms with E-state index in [9.17, 15) is 27.1 Å². The summed E-state index contributed by atoms with van der Waals surface area (Å²) in [6, 6.07) is -0.0631. The van der Waals surface area contributed by atoms with E-state index in [1.165, 1.54) is 0 Å². The largest absolute Gasteiger partial charge is 0.392 e. The number of sulfonamides is 1. The number of aliphatic hydroxyl groups is 1. The number of aliphatic hydroxyl groups excluding tert-OH is 1. The minimum Gasteiger partial charge on any atom is -0.392 e. The molecule has 1 heterocycles. The first-order valence-corrected chi connectivity index (χ1v) is 8.01. The second-order valence-corrected chi connectivity index (χ2v) is 7.26. The molecule has 6 nitrogen and oxygen atoms in total. The van der Waals surface area contributed by atoms with Crippen LogP contribution in [0.4, 0.5) is 8.78 Å². The van der Waals surface area contributed by atoms with Crippen LogP contribution in [0.2, 0.25) is 0 Å². The van der Waals surface area contributed by atoms with Crippen molar-refractivity contribution in [3.05, 3.63) is 28.2 Å². The van der Waals surface area contributed by atoms with Gasteiger partial charge in [0.1, 0.15) is 22.6 Å². The van der Waals surface area contributed by atoms with Crippen LogP contribution in [0.15, 0.2) is 21.5 Å². The molecule has 1 aliphatic rings. The lowest BCUT2D eigenvalue weighted by Gasteiger charge is -2.22. The molecular weight excluding hydrogens is 374 g/mol. The molecule has 2 atom stereocenters. The zero-order valence-corrected chi connectivity index (χ0v) is 12.9. The predicted octanol–water partition coefficient (Wildman–Crippen LogP) is 0.336. The summed E-state index contributed by atoms with van der Waals surface area (Å²) in [7, 11) is -4.46. The van der Waals surface area contributed by atoms with E-state index < -0.39 is 44.6 Å². The second-order valence-electron chi connectivity index (χ2n) is 4.58. The van der Waals surface area contributed by atoms with Crippen LogP contribution in [0, 0.1) is 11.6 Å². The van der Waals surface area contributed by atoms with E-state index >= 15 is 0 Å². The maximum atomic E-state index is 13.8. The maximum absolute atomic E-state index is 13.8. The molecule has 21 heavy (non-hydrogen) atoms. The molecule has 2 unspecified atom stereocenters. The monoisotopic (exact) mass is 384 g/mol. The van der Waals surface area contributed by atoms with E-state index in [4.69, 9.17) is 5.73 Å². The standard InChI is InChI=1S/C11H11BrF2N2O4S/c12-7-1-5(13)2-8(14)10(7)21(19,20)16-4-6(17)3-9(16)11(15)18/h1-2,6,9,17H,3-4H2,(H2,15,18). The first-order chi connectivity index (χ1) is 9.64. The third kappa shape index (κ3) is 2.93. The Balaban J connectivity index is 2.55. The van der Waals surface area contributed by atoms with Crippen molar-refractivity contribution in [1.29, 1.82) is 0 Å². The molecule has 1 aliphatic heterocycles. The highest BCUT2D eigenvalue weighted by molar-refractivity contribution is 9.10. The Morgan fingerprint density at radius 3 is 2.57 bits per heavy atom. The Morgan fingerprint density at radius 2 is 2.05 bits per heavy atom. The van der Waals surface area contributed by atoms with Crippen LogP contribution in [0.25, 0.3) is 0 Å². The van der Waals surface area contributed by atoms with Crippen molar-refractivity contribution in [2.45, 2.75) is 23.5 Å². The highest BCUT2D eigenvalue weighted by atomic mass is 79.9. The van der Waals surface area contributed by atoms with Gasteiger partial charge in [-0.05, 0) is 22.0 Å². The van der Waals surface area contributed by atoms with Gasteiger partial charge in [-0.1, -0.05) is 0 Å². The van der Waals surface area contributed by atoms with Crippen molar-refractivity contribution in [3.63, 3.8) is 0 Å². The van der Waals surface area contributed by atoms with Crippen LogP contribution >= 0.6 is 15.9 Å². The van der Waals surface area contributed by atoms with Crippen LogP contribution in [0.5, 0.6) is 0 Å². The smallest absolute Gasteiger partial charge is 0.247 e. The molecule has 1 aromatic carbocycles. The van der Waals surface area contributed by atoms with Crippen molar-refractivity contribution in [1.82, 2.24) is 4.31 Å². The third-order valence-corrected chi connectivity index (χ3v) is 5.93. The first-order valence-electron chi connectivity index (χ1n) is 5.78. The number of rotatable bonds is 3. The van der Waals surface area contributed by atoms with E-state index in [1.54, 1.807) is 0 Å². The molecular formula is C11H11BrF2N2O4S. The summed E-state index contributed by atoms with van der Waals surface area (Å²) in [6.45, 7) is -0.390. The lowest BCUT2D eigenvalue weighted by Crippen LogP contribution is -2.44. The van der Waals surface area contributed by atoms with Crippen molar-refractivity contribution in [3.8, 4) is 0 Å². The van der Waals surface area contributed by atoms with Gasteiger partial charge in [0.15, 0.2) is 0 Å². The van der Waals surface area contributed by atoms with Crippen molar-refractivity contribution >= 4 is 31.9 Å². The molecule has 116 valence electrons. The molecule has 0 radical (unpaired) electrons. The molecule has 10 heteroatoms. The molecule has 1 fully saturated rings. The normalized spacial score (nSPS) is 23.4. The van der Waals surface area contributed by atoms with E-state index in [1.807, 2.05) is 0 Å². The quantitative estimate of drug-likeness (QED) is 0.784. The minimum atomic E-state index is -4.46. The highest BCUT2D eigenvalue weighted by Gasteiger charge is 2.44. The number of β-amino-alcohol motifs (C(OH)–C–C–N with tert-alkyl or cyclic N) is 1. The van der Waals surface area contributed by atoms with Gasteiger partial charge in [0.25, 0.3) is 0 Å². The average molecular weight is 385 g/mol.